The highest BCUT2D eigenvalue weighted by Crippen LogP contribution is 2.21. The number of nitrogens with zero attached hydrogens (tertiary/aromatic N) is 2. The van der Waals surface area contributed by atoms with Crippen molar-refractivity contribution in [2.24, 2.45) is 5.92 Å². The van der Waals surface area contributed by atoms with Crippen LogP contribution in [0.4, 0.5) is 5.69 Å². The lowest BCUT2D eigenvalue weighted by atomic mass is 10.1. The van der Waals surface area contributed by atoms with Crippen molar-refractivity contribution in [3.8, 4) is 0 Å². The number of anilines is 1. The van der Waals surface area contributed by atoms with Crippen LogP contribution in [-0.2, 0) is 4.79 Å². The van der Waals surface area contributed by atoms with Crippen molar-refractivity contribution in [2.75, 3.05) is 38.1 Å². The number of aliphatic carboxylic acids is 1. The minimum atomic E-state index is -0.717. The van der Waals surface area contributed by atoms with Crippen LogP contribution in [0.5, 0.6) is 0 Å². The molecule has 1 heterocycles. The number of carboxylic acids is 1. The summed E-state index contributed by atoms with van der Waals surface area (Å²) in [5, 5.41) is 9.23. The molecular formula is C13H17BrN2O2. The van der Waals surface area contributed by atoms with Crippen LogP contribution in [0, 0.1) is 5.92 Å². The standard InChI is InChI=1S/C13H17BrN2O2/c1-15-6-7-16(9-10(8-15)13(17)18)12-4-2-11(14)3-5-12/h2-5,10H,6-9H2,1H3,(H,17,18). The summed E-state index contributed by atoms with van der Waals surface area (Å²) in [6.07, 6.45) is 0. The summed E-state index contributed by atoms with van der Waals surface area (Å²) in [6.45, 7) is 2.94. The molecule has 5 heteroatoms. The van der Waals surface area contributed by atoms with Crippen LogP contribution in [-0.4, -0.2) is 49.2 Å². The molecule has 1 atom stereocenters. The van der Waals surface area contributed by atoms with Gasteiger partial charge in [0.2, 0.25) is 0 Å². The second kappa shape index (κ2) is 5.71. The first-order valence-corrected chi connectivity index (χ1v) is 6.77. The molecule has 0 spiro atoms. The van der Waals surface area contributed by atoms with Gasteiger partial charge in [0.05, 0.1) is 5.92 Å². The van der Waals surface area contributed by atoms with Crippen molar-refractivity contribution in [3.05, 3.63) is 28.7 Å². The van der Waals surface area contributed by atoms with E-state index >= 15 is 0 Å². The van der Waals surface area contributed by atoms with Gasteiger partial charge in [-0.05, 0) is 31.3 Å². The Balaban J connectivity index is 2.16. The SMILES string of the molecule is CN1CCN(c2ccc(Br)cc2)CC(C(=O)O)C1. The number of carboxylic acid groups (broad SMARTS) is 1. The molecular weight excluding hydrogens is 296 g/mol. The molecule has 4 nitrogen and oxygen atoms in total. The molecule has 1 saturated heterocycles. The summed E-state index contributed by atoms with van der Waals surface area (Å²) < 4.78 is 1.04. The summed E-state index contributed by atoms with van der Waals surface area (Å²) in [6, 6.07) is 8.02. The van der Waals surface area contributed by atoms with Crippen LogP contribution in [0.25, 0.3) is 0 Å². The van der Waals surface area contributed by atoms with Crippen molar-refractivity contribution in [1.82, 2.24) is 4.90 Å². The smallest absolute Gasteiger partial charge is 0.309 e. The van der Waals surface area contributed by atoms with Gasteiger partial charge in [-0.1, -0.05) is 15.9 Å². The largest absolute Gasteiger partial charge is 0.481 e. The van der Waals surface area contributed by atoms with Crippen molar-refractivity contribution in [2.45, 2.75) is 0 Å². The van der Waals surface area contributed by atoms with Gasteiger partial charge in [-0.3, -0.25) is 4.79 Å². The fourth-order valence-corrected chi connectivity index (χ4v) is 2.48. The summed E-state index contributed by atoms with van der Waals surface area (Å²) in [5.74, 6) is -1.05. The van der Waals surface area contributed by atoms with Crippen LogP contribution in [0.1, 0.15) is 0 Å². The van der Waals surface area contributed by atoms with Crippen molar-refractivity contribution >= 4 is 27.6 Å². The minimum absolute atomic E-state index is 0.332. The third kappa shape index (κ3) is 3.23. The molecule has 2 rings (SSSR count). The second-order valence-corrected chi connectivity index (χ2v) is 5.64. The average Bonchev–Trinajstić information content (AvgIpc) is 2.52. The fraction of sp³-hybridized carbons (Fsp3) is 0.462. The molecule has 1 aliphatic heterocycles. The van der Waals surface area contributed by atoms with E-state index in [-0.39, 0.29) is 5.92 Å². The maximum atomic E-state index is 11.2. The Morgan fingerprint density at radius 1 is 1.28 bits per heavy atom. The number of halogens is 1. The van der Waals surface area contributed by atoms with Gasteiger partial charge in [0.25, 0.3) is 0 Å². The highest BCUT2D eigenvalue weighted by atomic mass is 79.9. The van der Waals surface area contributed by atoms with Gasteiger partial charge < -0.3 is 14.9 Å². The third-order valence-electron chi connectivity index (χ3n) is 3.27. The molecule has 1 aliphatic rings. The molecule has 0 radical (unpaired) electrons. The van der Waals surface area contributed by atoms with E-state index in [4.69, 9.17) is 0 Å². The Labute approximate surface area is 115 Å². The molecule has 0 aromatic heterocycles. The molecule has 0 amide bonds. The maximum Gasteiger partial charge on any atom is 0.309 e. The van der Waals surface area contributed by atoms with Crippen LogP contribution in [0.15, 0.2) is 28.7 Å². The molecule has 0 bridgehead atoms. The van der Waals surface area contributed by atoms with E-state index in [2.05, 4.69) is 25.7 Å². The molecule has 1 aromatic carbocycles. The molecule has 0 saturated carbocycles. The zero-order valence-corrected chi connectivity index (χ0v) is 11.9. The van der Waals surface area contributed by atoms with Gasteiger partial charge in [-0.25, -0.2) is 0 Å². The topological polar surface area (TPSA) is 43.8 Å². The first kappa shape index (κ1) is 13.4. The summed E-state index contributed by atoms with van der Waals surface area (Å²) >= 11 is 3.41. The Bertz CT molecular complexity index is 422. The lowest BCUT2D eigenvalue weighted by Crippen LogP contribution is -2.33. The first-order chi connectivity index (χ1) is 8.56. The quantitative estimate of drug-likeness (QED) is 0.906. The van der Waals surface area contributed by atoms with Crippen LogP contribution in [0.3, 0.4) is 0 Å². The van der Waals surface area contributed by atoms with Gasteiger partial charge >= 0.3 is 5.97 Å². The Morgan fingerprint density at radius 2 is 1.94 bits per heavy atom. The maximum absolute atomic E-state index is 11.2. The van der Waals surface area contributed by atoms with E-state index < -0.39 is 5.97 Å². The number of hydrogen-bond donors (Lipinski definition) is 1. The number of benzene rings is 1. The van der Waals surface area contributed by atoms with Gasteiger partial charge in [-0.15, -0.1) is 0 Å². The summed E-state index contributed by atoms with van der Waals surface area (Å²) in [7, 11) is 1.97. The van der Waals surface area contributed by atoms with E-state index in [1.54, 1.807) is 0 Å². The van der Waals surface area contributed by atoms with Crippen LogP contribution >= 0.6 is 15.9 Å². The van der Waals surface area contributed by atoms with Gasteiger partial charge in [0.15, 0.2) is 0 Å². The minimum Gasteiger partial charge on any atom is -0.481 e. The highest BCUT2D eigenvalue weighted by molar-refractivity contribution is 9.10. The van der Waals surface area contributed by atoms with Crippen molar-refractivity contribution < 1.29 is 9.90 Å². The van der Waals surface area contributed by atoms with Crippen LogP contribution < -0.4 is 4.90 Å². The van der Waals surface area contributed by atoms with E-state index in [1.807, 2.05) is 31.3 Å². The van der Waals surface area contributed by atoms with E-state index in [0.717, 1.165) is 23.2 Å². The number of hydrogen-bond acceptors (Lipinski definition) is 3. The van der Waals surface area contributed by atoms with E-state index in [1.165, 1.54) is 0 Å². The van der Waals surface area contributed by atoms with E-state index in [9.17, 15) is 9.90 Å². The lowest BCUT2D eigenvalue weighted by molar-refractivity contribution is -0.141. The first-order valence-electron chi connectivity index (χ1n) is 5.98. The van der Waals surface area contributed by atoms with Crippen molar-refractivity contribution in [3.63, 3.8) is 0 Å². The monoisotopic (exact) mass is 312 g/mol. The summed E-state index contributed by atoms with van der Waals surface area (Å²) in [5.41, 5.74) is 1.08. The lowest BCUT2D eigenvalue weighted by Gasteiger charge is -2.24. The highest BCUT2D eigenvalue weighted by Gasteiger charge is 2.26. The Hall–Kier alpha value is -1.07. The molecule has 1 N–H and O–H groups in total. The van der Waals surface area contributed by atoms with Gasteiger partial charge in [0, 0.05) is 36.3 Å². The fourth-order valence-electron chi connectivity index (χ4n) is 2.22. The number of rotatable bonds is 2. The Kier molecular flexibility index (Phi) is 4.24. The normalized spacial score (nSPS) is 21.7. The molecule has 1 aromatic rings. The molecule has 98 valence electrons. The molecule has 0 aliphatic carbocycles. The average molecular weight is 313 g/mol. The predicted octanol–water partition coefficient (Wildman–Crippen LogP) is 1.90. The zero-order valence-electron chi connectivity index (χ0n) is 10.3. The summed E-state index contributed by atoms with van der Waals surface area (Å²) in [4.78, 5) is 15.5. The molecule has 1 fully saturated rings. The number of carbonyl (C=O) groups is 1. The van der Waals surface area contributed by atoms with Crippen molar-refractivity contribution in [1.29, 1.82) is 0 Å². The third-order valence-corrected chi connectivity index (χ3v) is 3.79. The predicted molar refractivity (Wildman–Crippen MR) is 75.0 cm³/mol. The van der Waals surface area contributed by atoms with Gasteiger partial charge in [-0.2, -0.15) is 0 Å². The van der Waals surface area contributed by atoms with E-state index in [0.29, 0.717) is 13.1 Å². The van der Waals surface area contributed by atoms with Gasteiger partial charge in [0.1, 0.15) is 0 Å². The second-order valence-electron chi connectivity index (χ2n) is 4.72. The number of likely N-dealkylation sites (N-methyl/N-ethyl adjacent to an activating group) is 1. The molecule has 1 unspecified atom stereocenters. The van der Waals surface area contributed by atoms with Crippen LogP contribution in [0.2, 0.25) is 0 Å². The zero-order chi connectivity index (χ0) is 13.1. The molecule has 18 heavy (non-hydrogen) atoms. The Morgan fingerprint density at radius 3 is 2.56 bits per heavy atom.